The minimum absolute atomic E-state index is 0.0976. The molecule has 3 rings (SSSR count). The zero-order valence-electron chi connectivity index (χ0n) is 14.8. The topological polar surface area (TPSA) is 68.6 Å². The number of carbonyl (C=O) groups is 1. The van der Waals surface area contributed by atoms with E-state index in [1.165, 1.54) is 0 Å². The molecule has 1 fully saturated rings. The molecule has 2 amide bonds. The lowest BCUT2D eigenvalue weighted by molar-refractivity contribution is 0.208. The van der Waals surface area contributed by atoms with Crippen LogP contribution in [0, 0.1) is 11.3 Å². The van der Waals surface area contributed by atoms with Gasteiger partial charge in [0, 0.05) is 37.6 Å². The van der Waals surface area contributed by atoms with Gasteiger partial charge in [0.2, 0.25) is 0 Å². The minimum atomic E-state index is -0.0976. The third-order valence-electron chi connectivity index (χ3n) is 4.32. The van der Waals surface area contributed by atoms with Gasteiger partial charge in [-0.25, -0.2) is 4.79 Å². The molecule has 6 heteroatoms. The molecule has 0 aromatic heterocycles. The lowest BCUT2D eigenvalue weighted by Gasteiger charge is -2.36. The number of carbonyl (C=O) groups excluding carboxylic acids is 1. The summed E-state index contributed by atoms with van der Waals surface area (Å²) < 4.78 is 5.40. The SMILES string of the molecule is CCOc1ccc(NC(=O)N2CCN(c3cccc(C#N)c3)CC2)cc1. The van der Waals surface area contributed by atoms with E-state index in [0.717, 1.165) is 30.2 Å². The Kier molecular flexibility index (Phi) is 5.59. The number of nitriles is 1. The summed E-state index contributed by atoms with van der Waals surface area (Å²) in [6, 6.07) is 17.0. The molecule has 0 radical (unpaired) electrons. The van der Waals surface area contributed by atoms with E-state index in [2.05, 4.69) is 16.3 Å². The Hall–Kier alpha value is -3.20. The van der Waals surface area contributed by atoms with Crippen molar-refractivity contribution in [2.24, 2.45) is 0 Å². The highest BCUT2D eigenvalue weighted by Crippen LogP contribution is 2.19. The molecular formula is C20H22N4O2. The predicted molar refractivity (Wildman–Crippen MR) is 102 cm³/mol. The quantitative estimate of drug-likeness (QED) is 0.918. The van der Waals surface area contributed by atoms with Crippen molar-refractivity contribution in [3.8, 4) is 11.8 Å². The first-order valence-electron chi connectivity index (χ1n) is 8.73. The third kappa shape index (κ3) is 4.25. The van der Waals surface area contributed by atoms with Gasteiger partial charge in [-0.1, -0.05) is 6.07 Å². The number of piperazine rings is 1. The van der Waals surface area contributed by atoms with Crippen LogP contribution in [0.5, 0.6) is 5.75 Å². The lowest BCUT2D eigenvalue weighted by atomic mass is 10.2. The first kappa shape index (κ1) is 17.6. The number of hydrogen-bond donors (Lipinski definition) is 1. The summed E-state index contributed by atoms with van der Waals surface area (Å²) >= 11 is 0. The smallest absolute Gasteiger partial charge is 0.321 e. The van der Waals surface area contributed by atoms with E-state index < -0.39 is 0 Å². The number of nitrogens with one attached hydrogen (secondary N) is 1. The van der Waals surface area contributed by atoms with E-state index in [9.17, 15) is 4.79 Å². The second-order valence-corrected chi connectivity index (χ2v) is 6.02. The Morgan fingerprint density at radius 3 is 2.54 bits per heavy atom. The number of ether oxygens (including phenoxy) is 1. The van der Waals surface area contributed by atoms with Gasteiger partial charge >= 0.3 is 6.03 Å². The zero-order valence-corrected chi connectivity index (χ0v) is 14.8. The molecule has 0 aliphatic carbocycles. The number of benzene rings is 2. The van der Waals surface area contributed by atoms with Crippen LogP contribution < -0.4 is 15.0 Å². The minimum Gasteiger partial charge on any atom is -0.494 e. The molecule has 0 saturated carbocycles. The summed E-state index contributed by atoms with van der Waals surface area (Å²) in [5.74, 6) is 0.790. The monoisotopic (exact) mass is 350 g/mol. The first-order valence-corrected chi connectivity index (χ1v) is 8.73. The molecule has 0 unspecified atom stereocenters. The van der Waals surface area contributed by atoms with Crippen LogP contribution in [0.3, 0.4) is 0 Å². The van der Waals surface area contributed by atoms with Crippen LogP contribution in [0.2, 0.25) is 0 Å². The number of rotatable bonds is 4. The van der Waals surface area contributed by atoms with Crippen molar-refractivity contribution < 1.29 is 9.53 Å². The Bertz CT molecular complexity index is 790. The normalized spacial score (nSPS) is 13.8. The molecule has 1 N–H and O–H groups in total. The van der Waals surface area contributed by atoms with E-state index in [4.69, 9.17) is 10.00 Å². The molecule has 2 aromatic rings. The van der Waals surface area contributed by atoms with Crippen molar-refractivity contribution in [2.45, 2.75) is 6.92 Å². The molecular weight excluding hydrogens is 328 g/mol. The molecule has 0 spiro atoms. The summed E-state index contributed by atoms with van der Waals surface area (Å²) in [4.78, 5) is 16.4. The van der Waals surface area contributed by atoms with Crippen LogP contribution in [0.15, 0.2) is 48.5 Å². The van der Waals surface area contributed by atoms with Crippen molar-refractivity contribution in [1.29, 1.82) is 5.26 Å². The van der Waals surface area contributed by atoms with Crippen molar-refractivity contribution >= 4 is 17.4 Å². The number of amides is 2. The molecule has 134 valence electrons. The highest BCUT2D eigenvalue weighted by atomic mass is 16.5. The van der Waals surface area contributed by atoms with Crippen molar-refractivity contribution in [3.05, 3.63) is 54.1 Å². The number of urea groups is 1. The maximum Gasteiger partial charge on any atom is 0.321 e. The maximum atomic E-state index is 12.4. The summed E-state index contributed by atoms with van der Waals surface area (Å²) in [7, 11) is 0. The van der Waals surface area contributed by atoms with E-state index in [1.54, 1.807) is 11.0 Å². The maximum absolute atomic E-state index is 12.4. The molecule has 0 atom stereocenters. The number of hydrogen-bond acceptors (Lipinski definition) is 4. The Morgan fingerprint density at radius 2 is 1.88 bits per heavy atom. The average molecular weight is 350 g/mol. The standard InChI is InChI=1S/C20H22N4O2/c1-2-26-19-8-6-17(7-9-19)22-20(25)24-12-10-23(11-13-24)18-5-3-4-16(14-18)15-21/h3-9,14H,2,10-13H2,1H3,(H,22,25). The highest BCUT2D eigenvalue weighted by molar-refractivity contribution is 5.89. The van der Waals surface area contributed by atoms with Gasteiger partial charge in [-0.15, -0.1) is 0 Å². The second-order valence-electron chi connectivity index (χ2n) is 6.02. The molecule has 2 aromatic carbocycles. The fourth-order valence-electron chi connectivity index (χ4n) is 2.94. The van der Waals surface area contributed by atoms with Gasteiger partial charge in [0.25, 0.3) is 0 Å². The van der Waals surface area contributed by atoms with Crippen LogP contribution >= 0.6 is 0 Å². The molecule has 6 nitrogen and oxygen atoms in total. The van der Waals surface area contributed by atoms with Crippen LogP contribution in [0.25, 0.3) is 0 Å². The van der Waals surface area contributed by atoms with Gasteiger partial charge in [0.05, 0.1) is 18.2 Å². The van der Waals surface area contributed by atoms with Crippen LogP contribution in [0.1, 0.15) is 12.5 Å². The van der Waals surface area contributed by atoms with E-state index >= 15 is 0 Å². The van der Waals surface area contributed by atoms with Crippen molar-refractivity contribution in [2.75, 3.05) is 43.0 Å². The van der Waals surface area contributed by atoms with Gasteiger partial charge in [-0.3, -0.25) is 0 Å². The van der Waals surface area contributed by atoms with Crippen molar-refractivity contribution in [1.82, 2.24) is 4.90 Å². The van der Waals surface area contributed by atoms with Gasteiger partial charge in [-0.2, -0.15) is 5.26 Å². The van der Waals surface area contributed by atoms with E-state index in [1.807, 2.05) is 49.4 Å². The summed E-state index contributed by atoms with van der Waals surface area (Å²) in [6.45, 7) is 5.32. The van der Waals surface area contributed by atoms with Crippen LogP contribution in [-0.4, -0.2) is 43.7 Å². The predicted octanol–water partition coefficient (Wildman–Crippen LogP) is 3.31. The Labute approximate surface area is 153 Å². The molecule has 26 heavy (non-hydrogen) atoms. The van der Waals surface area contributed by atoms with Gasteiger partial charge in [0.1, 0.15) is 5.75 Å². The fraction of sp³-hybridized carbons (Fsp3) is 0.300. The molecule has 0 bridgehead atoms. The molecule has 1 aliphatic heterocycles. The molecule has 1 saturated heterocycles. The van der Waals surface area contributed by atoms with Gasteiger partial charge in [-0.05, 0) is 49.4 Å². The molecule has 1 heterocycles. The summed E-state index contributed by atoms with van der Waals surface area (Å²) in [5.41, 5.74) is 2.43. The lowest BCUT2D eigenvalue weighted by Crippen LogP contribution is -2.50. The van der Waals surface area contributed by atoms with E-state index in [-0.39, 0.29) is 6.03 Å². The number of anilines is 2. The molecule has 1 aliphatic rings. The largest absolute Gasteiger partial charge is 0.494 e. The third-order valence-corrected chi connectivity index (χ3v) is 4.32. The number of nitrogens with zero attached hydrogens (tertiary/aromatic N) is 3. The van der Waals surface area contributed by atoms with Gasteiger partial charge < -0.3 is 19.9 Å². The zero-order chi connectivity index (χ0) is 18.4. The Balaban J connectivity index is 1.54. The van der Waals surface area contributed by atoms with Crippen LogP contribution in [0.4, 0.5) is 16.2 Å². The second kappa shape index (κ2) is 8.26. The van der Waals surface area contributed by atoms with Crippen molar-refractivity contribution in [3.63, 3.8) is 0 Å². The fourth-order valence-corrected chi connectivity index (χ4v) is 2.94. The Morgan fingerprint density at radius 1 is 1.15 bits per heavy atom. The first-order chi connectivity index (χ1) is 12.7. The van der Waals surface area contributed by atoms with E-state index in [0.29, 0.717) is 25.3 Å². The summed E-state index contributed by atoms with van der Waals surface area (Å²) in [5, 5.41) is 11.9. The highest BCUT2D eigenvalue weighted by Gasteiger charge is 2.21. The van der Waals surface area contributed by atoms with Gasteiger partial charge in [0.15, 0.2) is 0 Å². The summed E-state index contributed by atoms with van der Waals surface area (Å²) in [6.07, 6.45) is 0. The average Bonchev–Trinajstić information content (AvgIpc) is 2.70. The van der Waals surface area contributed by atoms with Crippen LogP contribution in [-0.2, 0) is 0 Å².